The zero-order valence-corrected chi connectivity index (χ0v) is 10.1. The van der Waals surface area contributed by atoms with Crippen molar-refractivity contribution in [2.75, 3.05) is 0 Å². The number of carbonyl (C=O) groups excluding carboxylic acids is 2. The van der Waals surface area contributed by atoms with Crippen LogP contribution in [0.25, 0.3) is 0 Å². The van der Waals surface area contributed by atoms with E-state index in [9.17, 15) is 9.59 Å². The minimum atomic E-state index is -0.159. The molecule has 0 bridgehead atoms. The van der Waals surface area contributed by atoms with Crippen molar-refractivity contribution >= 4 is 11.8 Å². The summed E-state index contributed by atoms with van der Waals surface area (Å²) in [4.78, 5) is 25.0. The molecule has 1 heterocycles. The summed E-state index contributed by atoms with van der Waals surface area (Å²) >= 11 is 0. The Kier molecular flexibility index (Phi) is 2.74. The van der Waals surface area contributed by atoms with Gasteiger partial charge in [0, 0.05) is 24.1 Å². The first kappa shape index (κ1) is 11.2. The zero-order chi connectivity index (χ0) is 12.5. The van der Waals surface area contributed by atoms with Crippen molar-refractivity contribution in [2.24, 2.45) is 0 Å². The summed E-state index contributed by atoms with van der Waals surface area (Å²) in [6.45, 7) is 0. The molecule has 1 aliphatic carbocycles. The smallest absolute Gasteiger partial charge is 0.253 e. The standard InChI is InChI=1S/C15H15NO2/c17-14-9-10-15(18)16(14)13-8-4-7-12(13)11-5-2-1-3-6-11/h1-3,5-6,9-10,12-13H,4,7-8H2. The van der Waals surface area contributed by atoms with Crippen LogP contribution in [0.1, 0.15) is 30.7 Å². The summed E-state index contributed by atoms with van der Waals surface area (Å²) in [6, 6.07) is 10.2. The van der Waals surface area contributed by atoms with E-state index >= 15 is 0 Å². The van der Waals surface area contributed by atoms with Crippen LogP contribution in [0.4, 0.5) is 0 Å². The number of carbonyl (C=O) groups is 2. The second kappa shape index (κ2) is 4.41. The summed E-state index contributed by atoms with van der Waals surface area (Å²) in [5, 5.41) is 0. The van der Waals surface area contributed by atoms with Gasteiger partial charge in [0.25, 0.3) is 11.8 Å². The molecular formula is C15H15NO2. The van der Waals surface area contributed by atoms with Gasteiger partial charge in [-0.05, 0) is 18.4 Å². The molecule has 1 aliphatic heterocycles. The van der Waals surface area contributed by atoms with Gasteiger partial charge in [-0.15, -0.1) is 0 Å². The fourth-order valence-corrected chi connectivity index (χ4v) is 3.08. The Morgan fingerprint density at radius 2 is 1.61 bits per heavy atom. The second-order valence-corrected chi connectivity index (χ2v) is 4.90. The van der Waals surface area contributed by atoms with E-state index in [1.807, 2.05) is 18.2 Å². The molecule has 3 nitrogen and oxygen atoms in total. The van der Waals surface area contributed by atoms with E-state index in [-0.39, 0.29) is 17.9 Å². The number of imide groups is 1. The summed E-state index contributed by atoms with van der Waals surface area (Å²) < 4.78 is 0. The molecule has 1 aromatic rings. The topological polar surface area (TPSA) is 37.4 Å². The molecule has 1 fully saturated rings. The summed E-state index contributed by atoms with van der Waals surface area (Å²) in [7, 11) is 0. The van der Waals surface area contributed by atoms with Gasteiger partial charge in [0.15, 0.2) is 0 Å². The summed E-state index contributed by atoms with van der Waals surface area (Å²) in [6.07, 6.45) is 5.79. The van der Waals surface area contributed by atoms with Gasteiger partial charge in [0.1, 0.15) is 0 Å². The number of benzene rings is 1. The van der Waals surface area contributed by atoms with Gasteiger partial charge in [0.05, 0.1) is 0 Å². The Morgan fingerprint density at radius 1 is 0.944 bits per heavy atom. The number of hydrogen-bond acceptors (Lipinski definition) is 2. The molecule has 0 aromatic heterocycles. The third-order valence-electron chi connectivity index (χ3n) is 3.88. The van der Waals surface area contributed by atoms with E-state index < -0.39 is 0 Å². The average molecular weight is 241 g/mol. The van der Waals surface area contributed by atoms with E-state index in [4.69, 9.17) is 0 Å². The highest BCUT2D eigenvalue weighted by atomic mass is 16.2. The Hall–Kier alpha value is -1.90. The molecule has 0 saturated heterocycles. The lowest BCUT2D eigenvalue weighted by molar-refractivity contribution is -0.139. The van der Waals surface area contributed by atoms with E-state index in [0.717, 1.165) is 19.3 Å². The SMILES string of the molecule is O=C1C=CC(=O)N1C1CCCC1c1ccccc1. The molecule has 3 heteroatoms. The molecule has 2 aliphatic rings. The van der Waals surface area contributed by atoms with Crippen molar-refractivity contribution < 1.29 is 9.59 Å². The number of nitrogens with zero attached hydrogens (tertiary/aromatic N) is 1. The highest BCUT2D eigenvalue weighted by molar-refractivity contribution is 6.13. The molecule has 0 radical (unpaired) electrons. The average Bonchev–Trinajstić information content (AvgIpc) is 2.97. The van der Waals surface area contributed by atoms with Crippen LogP contribution in [0, 0.1) is 0 Å². The van der Waals surface area contributed by atoms with E-state index in [1.165, 1.54) is 22.6 Å². The Morgan fingerprint density at radius 3 is 2.28 bits per heavy atom. The number of amides is 2. The van der Waals surface area contributed by atoms with Crippen molar-refractivity contribution in [3.63, 3.8) is 0 Å². The lowest BCUT2D eigenvalue weighted by Gasteiger charge is -2.28. The van der Waals surface area contributed by atoms with Crippen LogP contribution >= 0.6 is 0 Å². The quantitative estimate of drug-likeness (QED) is 0.745. The Balaban J connectivity index is 1.88. The van der Waals surface area contributed by atoms with Gasteiger partial charge < -0.3 is 0 Å². The van der Waals surface area contributed by atoms with Crippen molar-refractivity contribution in [2.45, 2.75) is 31.2 Å². The molecule has 2 unspecified atom stereocenters. The van der Waals surface area contributed by atoms with Gasteiger partial charge >= 0.3 is 0 Å². The van der Waals surface area contributed by atoms with Crippen LogP contribution in [0.5, 0.6) is 0 Å². The molecule has 3 rings (SSSR count). The largest absolute Gasteiger partial charge is 0.272 e. The maximum Gasteiger partial charge on any atom is 0.253 e. The van der Waals surface area contributed by atoms with Crippen LogP contribution in [0.2, 0.25) is 0 Å². The van der Waals surface area contributed by atoms with E-state index in [2.05, 4.69) is 12.1 Å². The molecule has 1 saturated carbocycles. The number of rotatable bonds is 2. The zero-order valence-electron chi connectivity index (χ0n) is 10.1. The van der Waals surface area contributed by atoms with Crippen LogP contribution in [-0.2, 0) is 9.59 Å². The fraction of sp³-hybridized carbons (Fsp3) is 0.333. The van der Waals surface area contributed by atoms with Crippen LogP contribution < -0.4 is 0 Å². The predicted octanol–water partition coefficient (Wildman–Crippen LogP) is 2.25. The Bertz CT molecular complexity index is 488. The van der Waals surface area contributed by atoms with E-state index in [0.29, 0.717) is 5.92 Å². The molecule has 2 amide bonds. The maximum atomic E-state index is 11.8. The summed E-state index contributed by atoms with van der Waals surface area (Å²) in [5.41, 5.74) is 1.23. The third kappa shape index (κ3) is 1.76. The van der Waals surface area contributed by atoms with Crippen LogP contribution in [0.15, 0.2) is 42.5 Å². The predicted molar refractivity (Wildman–Crippen MR) is 67.8 cm³/mol. The molecule has 2 atom stereocenters. The van der Waals surface area contributed by atoms with Crippen LogP contribution in [-0.4, -0.2) is 22.8 Å². The second-order valence-electron chi connectivity index (χ2n) is 4.90. The van der Waals surface area contributed by atoms with Gasteiger partial charge in [-0.3, -0.25) is 14.5 Å². The number of hydrogen-bond donors (Lipinski definition) is 0. The van der Waals surface area contributed by atoms with Crippen molar-refractivity contribution in [3.8, 4) is 0 Å². The van der Waals surface area contributed by atoms with Gasteiger partial charge in [-0.1, -0.05) is 36.8 Å². The first-order valence-corrected chi connectivity index (χ1v) is 6.37. The molecule has 1 aromatic carbocycles. The minimum Gasteiger partial charge on any atom is -0.272 e. The molecule has 18 heavy (non-hydrogen) atoms. The van der Waals surface area contributed by atoms with Gasteiger partial charge in [-0.2, -0.15) is 0 Å². The first-order valence-electron chi connectivity index (χ1n) is 6.37. The monoisotopic (exact) mass is 241 g/mol. The fourth-order valence-electron chi connectivity index (χ4n) is 3.08. The maximum absolute atomic E-state index is 11.8. The molecular weight excluding hydrogens is 226 g/mol. The molecule has 0 spiro atoms. The lowest BCUT2D eigenvalue weighted by Crippen LogP contribution is -2.41. The van der Waals surface area contributed by atoms with Crippen molar-refractivity contribution in [1.29, 1.82) is 0 Å². The Labute approximate surface area is 106 Å². The molecule has 92 valence electrons. The highest BCUT2D eigenvalue weighted by Crippen LogP contribution is 2.38. The first-order chi connectivity index (χ1) is 8.77. The normalized spacial score (nSPS) is 27.2. The van der Waals surface area contributed by atoms with Crippen LogP contribution in [0.3, 0.4) is 0 Å². The molecule has 0 N–H and O–H groups in total. The highest BCUT2D eigenvalue weighted by Gasteiger charge is 2.39. The van der Waals surface area contributed by atoms with Gasteiger partial charge in [0.2, 0.25) is 0 Å². The van der Waals surface area contributed by atoms with Gasteiger partial charge in [-0.25, -0.2) is 0 Å². The minimum absolute atomic E-state index is 0.0300. The van der Waals surface area contributed by atoms with Crippen molar-refractivity contribution in [1.82, 2.24) is 4.90 Å². The third-order valence-corrected chi connectivity index (χ3v) is 3.88. The summed E-state index contributed by atoms with van der Waals surface area (Å²) in [5.74, 6) is -0.0281. The van der Waals surface area contributed by atoms with Crippen molar-refractivity contribution in [3.05, 3.63) is 48.0 Å². The lowest BCUT2D eigenvalue weighted by atomic mass is 9.93. The van der Waals surface area contributed by atoms with E-state index in [1.54, 1.807) is 0 Å².